The van der Waals surface area contributed by atoms with Crippen molar-refractivity contribution in [2.75, 3.05) is 6.61 Å². The van der Waals surface area contributed by atoms with E-state index >= 15 is 0 Å². The molecule has 4 N–H and O–H groups in total. The van der Waals surface area contributed by atoms with E-state index in [1.807, 2.05) is 25.2 Å². The molecule has 0 spiro atoms. The molecule has 0 amide bonds. The molecule has 0 aromatic rings. The molecule has 1 unspecified atom stereocenters. The molecule has 0 aromatic carbocycles. The van der Waals surface area contributed by atoms with Gasteiger partial charge < -0.3 is 25.2 Å². The van der Waals surface area contributed by atoms with Crippen LogP contribution in [0.1, 0.15) is 78.1 Å². The second-order valence-corrected chi connectivity index (χ2v) is 8.92. The van der Waals surface area contributed by atoms with Crippen molar-refractivity contribution in [3.05, 3.63) is 24.3 Å². The number of hydrogen-bond donors (Lipinski definition) is 4. The van der Waals surface area contributed by atoms with E-state index in [1.165, 1.54) is 0 Å². The number of carboxylic acid groups (broad SMARTS) is 1. The van der Waals surface area contributed by atoms with Gasteiger partial charge in [0.25, 0.3) is 0 Å². The van der Waals surface area contributed by atoms with E-state index < -0.39 is 30.3 Å². The maximum Gasteiger partial charge on any atom is 0.306 e. The van der Waals surface area contributed by atoms with E-state index in [4.69, 9.17) is 9.84 Å². The lowest BCUT2D eigenvalue weighted by molar-refractivity contribution is -0.147. The van der Waals surface area contributed by atoms with E-state index in [-0.39, 0.29) is 37.2 Å². The molecule has 1 aliphatic carbocycles. The van der Waals surface area contributed by atoms with Crippen LogP contribution in [0.2, 0.25) is 0 Å². The van der Waals surface area contributed by atoms with Crippen LogP contribution < -0.4 is 0 Å². The molecule has 7 nitrogen and oxygen atoms in total. The molecule has 6 atom stereocenters. The molecule has 32 heavy (non-hydrogen) atoms. The molecule has 0 aromatic heterocycles. The van der Waals surface area contributed by atoms with Crippen LogP contribution in [0.4, 0.5) is 0 Å². The summed E-state index contributed by atoms with van der Waals surface area (Å²) >= 11 is 0. The number of aliphatic hydroxyl groups excluding tert-OH is 3. The third kappa shape index (κ3) is 11.2. The Labute approximate surface area is 192 Å². The second kappa shape index (κ2) is 16.0. The molecule has 0 heterocycles. The maximum absolute atomic E-state index is 11.3. The average molecular weight is 455 g/mol. The normalized spacial score (nSPS) is 25.4. The van der Waals surface area contributed by atoms with Crippen LogP contribution in [0, 0.1) is 17.8 Å². The number of aliphatic carboxylic acids is 1. The smallest absolute Gasteiger partial charge is 0.306 e. The van der Waals surface area contributed by atoms with Gasteiger partial charge >= 0.3 is 11.9 Å². The zero-order chi connectivity index (χ0) is 23.9. The number of aliphatic hydroxyl groups is 3. The highest BCUT2D eigenvalue weighted by molar-refractivity contribution is 5.76. The van der Waals surface area contributed by atoms with E-state index in [2.05, 4.69) is 6.92 Å². The molecule has 0 bridgehead atoms. The quantitative estimate of drug-likeness (QED) is 0.159. The first-order chi connectivity index (χ1) is 15.3. The zero-order valence-electron chi connectivity index (χ0n) is 19.6. The molecule has 7 heteroatoms. The van der Waals surface area contributed by atoms with Gasteiger partial charge in [0.1, 0.15) is 0 Å². The van der Waals surface area contributed by atoms with Crippen molar-refractivity contribution in [3.63, 3.8) is 0 Å². The number of hydrogen-bond acceptors (Lipinski definition) is 6. The lowest BCUT2D eigenvalue weighted by atomic mass is 9.88. The number of ether oxygens (including phenoxy) is 1. The summed E-state index contributed by atoms with van der Waals surface area (Å²) in [6.07, 6.45) is 12.2. The predicted molar refractivity (Wildman–Crippen MR) is 123 cm³/mol. The Morgan fingerprint density at radius 1 is 1.09 bits per heavy atom. The summed E-state index contributed by atoms with van der Waals surface area (Å²) in [7, 11) is 0. The number of allylic oxidation sites excluding steroid dienone is 2. The minimum absolute atomic E-state index is 0.0779. The summed E-state index contributed by atoms with van der Waals surface area (Å²) in [6.45, 7) is 4.44. The summed E-state index contributed by atoms with van der Waals surface area (Å²) in [5, 5.41) is 39.6. The molecular formula is C25H42O7. The number of carbonyl (C=O) groups excluding carboxylic acids is 1. The fourth-order valence-electron chi connectivity index (χ4n) is 4.04. The highest BCUT2D eigenvalue weighted by Crippen LogP contribution is 2.36. The number of carbonyl (C=O) groups is 2. The Morgan fingerprint density at radius 3 is 2.53 bits per heavy atom. The largest absolute Gasteiger partial charge is 0.481 e. The molecule has 0 radical (unpaired) electrons. The molecular weight excluding hydrogens is 412 g/mol. The monoisotopic (exact) mass is 454 g/mol. The van der Waals surface area contributed by atoms with E-state index in [0.717, 1.165) is 32.1 Å². The van der Waals surface area contributed by atoms with Gasteiger partial charge in [0, 0.05) is 12.3 Å². The third-order valence-corrected chi connectivity index (χ3v) is 6.19. The SMILES string of the molecule is CCCCC(C)[C@H](O)/C=C/[C@@H]1[C@@H](C/C=C\CCCCOC(=O)CCC(=O)O)[C@@H](O)C[C@H]1O. The van der Waals surface area contributed by atoms with Crippen LogP contribution in [-0.4, -0.2) is 57.3 Å². The molecule has 1 saturated carbocycles. The first-order valence-electron chi connectivity index (χ1n) is 12.0. The number of carboxylic acids is 1. The topological polar surface area (TPSA) is 124 Å². The van der Waals surface area contributed by atoms with Crippen LogP contribution in [0.5, 0.6) is 0 Å². The molecule has 0 saturated heterocycles. The van der Waals surface area contributed by atoms with Crippen LogP contribution in [-0.2, 0) is 14.3 Å². The molecule has 1 rings (SSSR count). The van der Waals surface area contributed by atoms with Crippen molar-refractivity contribution in [3.8, 4) is 0 Å². The van der Waals surface area contributed by atoms with Gasteiger partial charge in [-0.2, -0.15) is 0 Å². The fraction of sp³-hybridized carbons (Fsp3) is 0.760. The maximum atomic E-state index is 11.3. The highest BCUT2D eigenvalue weighted by atomic mass is 16.5. The standard InChI is InChI=1S/C25H42O7/c1-3-4-10-18(2)21(26)13-12-20-19(22(27)17-23(20)28)11-8-6-5-7-9-16-32-25(31)15-14-24(29)30/h6,8,12-13,18-23,26-28H,3-5,7,9-11,14-17H2,1-2H3,(H,29,30)/b8-6-,13-12+/t18?,19-,20-,21-,22+,23-/m1/s1. The van der Waals surface area contributed by atoms with Crippen molar-refractivity contribution in [1.29, 1.82) is 0 Å². The van der Waals surface area contributed by atoms with E-state index in [0.29, 0.717) is 19.3 Å². The molecule has 0 aliphatic heterocycles. The van der Waals surface area contributed by atoms with Gasteiger partial charge in [0.2, 0.25) is 0 Å². The van der Waals surface area contributed by atoms with Gasteiger partial charge in [0.15, 0.2) is 0 Å². The predicted octanol–water partition coefficient (Wildman–Crippen LogP) is 3.61. The number of unbranched alkanes of at least 4 members (excludes halogenated alkanes) is 3. The summed E-state index contributed by atoms with van der Waals surface area (Å²) < 4.78 is 4.99. The second-order valence-electron chi connectivity index (χ2n) is 8.92. The first-order valence-corrected chi connectivity index (χ1v) is 12.0. The van der Waals surface area contributed by atoms with Gasteiger partial charge in [-0.05, 0) is 43.9 Å². The average Bonchev–Trinajstić information content (AvgIpc) is 3.02. The Kier molecular flexibility index (Phi) is 14.2. The lowest BCUT2D eigenvalue weighted by Gasteiger charge is -2.21. The highest BCUT2D eigenvalue weighted by Gasteiger charge is 2.39. The third-order valence-electron chi connectivity index (χ3n) is 6.19. The first kappa shape index (κ1) is 28.3. The summed E-state index contributed by atoms with van der Waals surface area (Å²) in [6, 6.07) is 0. The Hall–Kier alpha value is -1.70. The van der Waals surface area contributed by atoms with Gasteiger partial charge in [0.05, 0.1) is 37.8 Å². The van der Waals surface area contributed by atoms with E-state index in [1.54, 1.807) is 6.08 Å². The fourth-order valence-corrected chi connectivity index (χ4v) is 4.04. The molecule has 1 fully saturated rings. The van der Waals surface area contributed by atoms with Crippen molar-refractivity contribution in [1.82, 2.24) is 0 Å². The van der Waals surface area contributed by atoms with Crippen LogP contribution in [0.25, 0.3) is 0 Å². The number of esters is 1. The van der Waals surface area contributed by atoms with Crippen LogP contribution in [0.15, 0.2) is 24.3 Å². The Bertz CT molecular complexity index is 601. The van der Waals surface area contributed by atoms with Gasteiger partial charge in [-0.1, -0.05) is 51.0 Å². The van der Waals surface area contributed by atoms with Crippen molar-refractivity contribution in [2.24, 2.45) is 17.8 Å². The number of rotatable bonds is 16. The van der Waals surface area contributed by atoms with Crippen molar-refractivity contribution >= 4 is 11.9 Å². The minimum Gasteiger partial charge on any atom is -0.481 e. The minimum atomic E-state index is -1.01. The summed E-state index contributed by atoms with van der Waals surface area (Å²) in [5.41, 5.74) is 0. The lowest BCUT2D eigenvalue weighted by Crippen LogP contribution is -2.21. The molecule has 1 aliphatic rings. The van der Waals surface area contributed by atoms with Crippen LogP contribution in [0.3, 0.4) is 0 Å². The summed E-state index contributed by atoms with van der Waals surface area (Å²) in [4.78, 5) is 21.7. The Balaban J connectivity index is 2.34. The van der Waals surface area contributed by atoms with E-state index in [9.17, 15) is 24.9 Å². The van der Waals surface area contributed by atoms with Gasteiger partial charge in [-0.3, -0.25) is 9.59 Å². The van der Waals surface area contributed by atoms with Crippen molar-refractivity contribution < 1.29 is 34.8 Å². The zero-order valence-corrected chi connectivity index (χ0v) is 19.6. The Morgan fingerprint density at radius 2 is 1.84 bits per heavy atom. The van der Waals surface area contributed by atoms with Crippen molar-refractivity contribution in [2.45, 2.75) is 96.4 Å². The summed E-state index contributed by atoms with van der Waals surface area (Å²) in [5.74, 6) is -1.58. The van der Waals surface area contributed by atoms with Gasteiger partial charge in [-0.25, -0.2) is 0 Å². The van der Waals surface area contributed by atoms with Crippen LogP contribution >= 0.6 is 0 Å². The molecule has 184 valence electrons. The van der Waals surface area contributed by atoms with Gasteiger partial charge in [-0.15, -0.1) is 0 Å².